The van der Waals surface area contributed by atoms with Crippen LogP contribution in [-0.4, -0.2) is 0 Å². The van der Waals surface area contributed by atoms with Crippen LogP contribution < -0.4 is 0 Å². The minimum absolute atomic E-state index is 0.136. The molecule has 1 atom stereocenters. The molecule has 14 heavy (non-hydrogen) atoms. The van der Waals surface area contributed by atoms with E-state index >= 15 is 0 Å². The zero-order chi connectivity index (χ0) is 10.6. The molecule has 0 aromatic heterocycles. The highest BCUT2D eigenvalue weighted by atomic mass is 19.1. The van der Waals surface area contributed by atoms with Crippen LogP contribution >= 0.6 is 0 Å². The van der Waals surface area contributed by atoms with Crippen molar-refractivity contribution >= 4 is 0 Å². The first-order valence-electron chi connectivity index (χ1n) is 4.89. The van der Waals surface area contributed by atoms with Crippen LogP contribution in [0.4, 0.5) is 8.78 Å². The first-order valence-corrected chi connectivity index (χ1v) is 4.89. The van der Waals surface area contributed by atoms with E-state index < -0.39 is 11.6 Å². The van der Waals surface area contributed by atoms with Gasteiger partial charge in [0.25, 0.3) is 0 Å². The Kier molecular flexibility index (Phi) is 4.05. The summed E-state index contributed by atoms with van der Waals surface area (Å²) in [6, 6.07) is 3.77. The monoisotopic (exact) mass is 197 g/mol. The molecule has 1 unspecified atom stereocenters. The summed E-state index contributed by atoms with van der Waals surface area (Å²) in [6.07, 6.45) is 2.72. The Morgan fingerprint density at radius 3 is 2.64 bits per heavy atom. The van der Waals surface area contributed by atoms with Crippen molar-refractivity contribution in [2.45, 2.75) is 32.1 Å². The Hall–Kier alpha value is -0.920. The molecule has 1 aromatic rings. The third-order valence-corrected chi connectivity index (χ3v) is 2.38. The molecule has 1 radical (unpaired) electrons. The Morgan fingerprint density at radius 1 is 1.36 bits per heavy atom. The van der Waals surface area contributed by atoms with Gasteiger partial charge >= 0.3 is 0 Å². The smallest absolute Gasteiger partial charge is 0.129 e. The summed E-state index contributed by atoms with van der Waals surface area (Å²) in [7, 11) is 0. The highest BCUT2D eigenvalue weighted by molar-refractivity contribution is 5.21. The maximum absolute atomic E-state index is 13.3. The molecule has 0 bridgehead atoms. The van der Waals surface area contributed by atoms with E-state index in [9.17, 15) is 8.78 Å². The van der Waals surface area contributed by atoms with Gasteiger partial charge in [0.05, 0.1) is 0 Å². The van der Waals surface area contributed by atoms with Crippen molar-refractivity contribution in [2.75, 3.05) is 0 Å². The normalized spacial score (nSPS) is 12.9. The van der Waals surface area contributed by atoms with Crippen molar-refractivity contribution in [3.8, 4) is 0 Å². The highest BCUT2D eigenvalue weighted by Gasteiger charge is 2.10. The number of unbranched alkanes of at least 4 members (excludes halogenated alkanes) is 1. The molecule has 0 saturated carbocycles. The van der Waals surface area contributed by atoms with Crippen LogP contribution in [0, 0.1) is 18.6 Å². The van der Waals surface area contributed by atoms with E-state index in [-0.39, 0.29) is 5.92 Å². The average molecular weight is 197 g/mol. The molecule has 1 rings (SSSR count). The summed E-state index contributed by atoms with van der Waals surface area (Å²) in [5.41, 5.74) is 0.597. The molecular weight excluding hydrogens is 182 g/mol. The van der Waals surface area contributed by atoms with Gasteiger partial charge in [-0.1, -0.05) is 32.8 Å². The Labute approximate surface area is 84.0 Å². The zero-order valence-corrected chi connectivity index (χ0v) is 8.39. The van der Waals surface area contributed by atoms with Crippen molar-refractivity contribution < 1.29 is 8.78 Å². The van der Waals surface area contributed by atoms with Gasteiger partial charge in [-0.3, -0.25) is 0 Å². The van der Waals surface area contributed by atoms with Crippen LogP contribution in [0.15, 0.2) is 18.2 Å². The fraction of sp³-hybridized carbons (Fsp3) is 0.417. The lowest BCUT2D eigenvalue weighted by Crippen LogP contribution is -1.98. The van der Waals surface area contributed by atoms with Gasteiger partial charge in [0, 0.05) is 6.07 Å². The van der Waals surface area contributed by atoms with E-state index in [1.165, 1.54) is 12.1 Å². The van der Waals surface area contributed by atoms with E-state index in [1.54, 1.807) is 0 Å². The van der Waals surface area contributed by atoms with Crippen molar-refractivity contribution in [2.24, 2.45) is 0 Å². The SMILES string of the molecule is [CH2]CCCC(C)c1ccc(F)cc1F. The lowest BCUT2D eigenvalue weighted by molar-refractivity contribution is 0.544. The van der Waals surface area contributed by atoms with Gasteiger partial charge in [0.1, 0.15) is 11.6 Å². The first kappa shape index (κ1) is 11.2. The van der Waals surface area contributed by atoms with E-state index in [0.717, 1.165) is 25.3 Å². The molecule has 0 aliphatic rings. The summed E-state index contributed by atoms with van der Waals surface area (Å²) in [4.78, 5) is 0. The zero-order valence-electron chi connectivity index (χ0n) is 8.39. The van der Waals surface area contributed by atoms with E-state index in [2.05, 4.69) is 6.92 Å². The van der Waals surface area contributed by atoms with Crippen LogP contribution in [0.1, 0.15) is 37.7 Å². The third kappa shape index (κ3) is 2.79. The molecule has 0 aliphatic carbocycles. The van der Waals surface area contributed by atoms with Crippen molar-refractivity contribution in [3.63, 3.8) is 0 Å². The molecule has 0 nitrogen and oxygen atoms in total. The molecule has 0 heterocycles. The molecule has 2 heteroatoms. The first-order chi connectivity index (χ1) is 6.65. The number of halogens is 2. The Morgan fingerprint density at radius 2 is 2.07 bits per heavy atom. The van der Waals surface area contributed by atoms with Crippen LogP contribution in [0.25, 0.3) is 0 Å². The predicted octanol–water partition coefficient (Wildman–Crippen LogP) is 4.07. The van der Waals surface area contributed by atoms with Gasteiger partial charge in [0.15, 0.2) is 0 Å². The molecule has 0 N–H and O–H groups in total. The van der Waals surface area contributed by atoms with E-state index in [1.807, 2.05) is 6.92 Å². The molecule has 0 fully saturated rings. The van der Waals surface area contributed by atoms with Crippen LogP contribution in [0.2, 0.25) is 0 Å². The van der Waals surface area contributed by atoms with Crippen LogP contribution in [0.3, 0.4) is 0 Å². The summed E-state index contributed by atoms with van der Waals surface area (Å²) >= 11 is 0. The van der Waals surface area contributed by atoms with Crippen molar-refractivity contribution in [1.29, 1.82) is 0 Å². The molecular formula is C12H15F2. The van der Waals surface area contributed by atoms with Gasteiger partial charge in [-0.15, -0.1) is 0 Å². The predicted molar refractivity (Wildman–Crippen MR) is 54.0 cm³/mol. The van der Waals surface area contributed by atoms with Gasteiger partial charge < -0.3 is 0 Å². The summed E-state index contributed by atoms with van der Waals surface area (Å²) in [6.45, 7) is 5.68. The summed E-state index contributed by atoms with van der Waals surface area (Å²) in [5, 5.41) is 0. The van der Waals surface area contributed by atoms with Crippen LogP contribution in [-0.2, 0) is 0 Å². The van der Waals surface area contributed by atoms with Crippen molar-refractivity contribution in [1.82, 2.24) is 0 Å². The average Bonchev–Trinajstić information content (AvgIpc) is 2.14. The minimum atomic E-state index is -0.518. The lowest BCUT2D eigenvalue weighted by atomic mass is 9.95. The van der Waals surface area contributed by atoms with E-state index in [0.29, 0.717) is 5.56 Å². The number of rotatable bonds is 4. The highest BCUT2D eigenvalue weighted by Crippen LogP contribution is 2.24. The Bertz CT molecular complexity index is 294. The fourth-order valence-corrected chi connectivity index (χ4v) is 1.51. The Balaban J connectivity index is 2.74. The number of hydrogen-bond acceptors (Lipinski definition) is 0. The molecule has 0 saturated heterocycles. The molecule has 0 amide bonds. The van der Waals surface area contributed by atoms with Gasteiger partial charge in [0.2, 0.25) is 0 Å². The van der Waals surface area contributed by atoms with Crippen molar-refractivity contribution in [3.05, 3.63) is 42.3 Å². The van der Waals surface area contributed by atoms with Crippen LogP contribution in [0.5, 0.6) is 0 Å². The summed E-state index contributed by atoms with van der Waals surface area (Å²) in [5.74, 6) is -0.825. The second-order valence-corrected chi connectivity index (χ2v) is 3.56. The maximum Gasteiger partial charge on any atom is 0.129 e. The van der Waals surface area contributed by atoms with Gasteiger partial charge in [-0.05, 0) is 24.0 Å². The topological polar surface area (TPSA) is 0 Å². The summed E-state index contributed by atoms with van der Waals surface area (Å²) < 4.78 is 25.9. The molecule has 77 valence electrons. The quantitative estimate of drug-likeness (QED) is 0.682. The minimum Gasteiger partial charge on any atom is -0.207 e. The van der Waals surface area contributed by atoms with Gasteiger partial charge in [-0.25, -0.2) is 8.78 Å². The van der Waals surface area contributed by atoms with Gasteiger partial charge in [-0.2, -0.15) is 0 Å². The maximum atomic E-state index is 13.3. The third-order valence-electron chi connectivity index (χ3n) is 2.38. The van der Waals surface area contributed by atoms with E-state index in [4.69, 9.17) is 0 Å². The fourth-order valence-electron chi connectivity index (χ4n) is 1.51. The number of hydrogen-bond donors (Lipinski definition) is 0. The second kappa shape index (κ2) is 5.08. The standard InChI is InChI=1S/C12H15F2/c1-3-4-5-9(2)11-7-6-10(13)8-12(11)14/h6-9H,1,3-5H2,2H3. The largest absolute Gasteiger partial charge is 0.207 e. The number of benzene rings is 1. The molecule has 0 aliphatic heterocycles. The molecule has 1 aromatic carbocycles. The lowest BCUT2D eigenvalue weighted by Gasteiger charge is -2.11. The second-order valence-electron chi connectivity index (χ2n) is 3.56. The molecule has 0 spiro atoms.